The first-order valence-electron chi connectivity index (χ1n) is 12.3. The monoisotopic (exact) mass is 585 g/mol. The lowest BCUT2D eigenvalue weighted by molar-refractivity contribution is -0.138. The van der Waals surface area contributed by atoms with Gasteiger partial charge in [0.1, 0.15) is 0 Å². The van der Waals surface area contributed by atoms with Crippen LogP contribution in [0.2, 0.25) is 0 Å². The zero-order chi connectivity index (χ0) is 27.6. The van der Waals surface area contributed by atoms with Gasteiger partial charge in [-0.05, 0) is 61.6 Å². The molecule has 38 heavy (non-hydrogen) atoms. The Bertz CT molecular complexity index is 1330. The van der Waals surface area contributed by atoms with E-state index >= 15 is 0 Å². The predicted octanol–water partition coefficient (Wildman–Crippen LogP) is 5.41. The van der Waals surface area contributed by atoms with Crippen LogP contribution in [0.5, 0.6) is 23.0 Å². The number of rotatable bonds is 8. The second-order valence-electron chi connectivity index (χ2n) is 9.08. The third-order valence-electron chi connectivity index (χ3n) is 7.02. The molecular formula is C29H32BrNO7. The summed E-state index contributed by atoms with van der Waals surface area (Å²) < 4.78 is 28.0. The van der Waals surface area contributed by atoms with Gasteiger partial charge in [0.2, 0.25) is 0 Å². The van der Waals surface area contributed by atoms with Crippen molar-refractivity contribution < 1.29 is 33.3 Å². The Hall–Kier alpha value is -3.46. The molecule has 0 saturated heterocycles. The predicted molar refractivity (Wildman–Crippen MR) is 146 cm³/mol. The molecule has 0 saturated carbocycles. The van der Waals surface area contributed by atoms with Gasteiger partial charge < -0.3 is 29.0 Å². The zero-order valence-corrected chi connectivity index (χ0v) is 24.0. The molecule has 1 heterocycles. The third-order valence-corrected chi connectivity index (χ3v) is 7.70. The van der Waals surface area contributed by atoms with E-state index in [0.717, 1.165) is 16.8 Å². The van der Waals surface area contributed by atoms with E-state index in [-0.39, 0.29) is 24.7 Å². The van der Waals surface area contributed by atoms with Gasteiger partial charge in [0.05, 0.1) is 40.6 Å². The summed E-state index contributed by atoms with van der Waals surface area (Å²) in [5.74, 6) is 1.06. The fourth-order valence-electron chi connectivity index (χ4n) is 5.26. The maximum atomic E-state index is 13.9. The summed E-state index contributed by atoms with van der Waals surface area (Å²) in [5, 5.41) is 3.37. The van der Waals surface area contributed by atoms with Crippen LogP contribution in [0, 0.1) is 0 Å². The van der Waals surface area contributed by atoms with E-state index in [9.17, 15) is 9.59 Å². The van der Waals surface area contributed by atoms with Crippen molar-refractivity contribution in [1.82, 2.24) is 5.32 Å². The van der Waals surface area contributed by atoms with Gasteiger partial charge in [-0.2, -0.15) is 0 Å². The quantitative estimate of drug-likeness (QED) is 0.411. The van der Waals surface area contributed by atoms with Crippen LogP contribution in [-0.2, 0) is 14.3 Å². The van der Waals surface area contributed by atoms with E-state index in [1.807, 2.05) is 31.2 Å². The lowest BCUT2D eigenvalue weighted by Crippen LogP contribution is -2.36. The molecule has 2 aliphatic rings. The van der Waals surface area contributed by atoms with Crippen LogP contribution in [0.1, 0.15) is 49.7 Å². The topological polar surface area (TPSA) is 92.3 Å². The van der Waals surface area contributed by atoms with Crippen LogP contribution >= 0.6 is 15.9 Å². The molecule has 0 fully saturated rings. The Kier molecular flexibility index (Phi) is 8.35. The molecule has 8 nitrogen and oxygen atoms in total. The number of hydrogen-bond acceptors (Lipinski definition) is 8. The number of carbonyl (C=O) groups excluding carboxylic acids is 2. The highest BCUT2D eigenvalue weighted by Crippen LogP contribution is 2.49. The molecule has 0 spiro atoms. The summed E-state index contributed by atoms with van der Waals surface area (Å²) in [4.78, 5) is 27.1. The Balaban J connectivity index is 1.84. The molecule has 202 valence electrons. The van der Waals surface area contributed by atoms with Crippen LogP contribution in [0.3, 0.4) is 0 Å². The maximum absolute atomic E-state index is 13.9. The molecule has 1 aliphatic heterocycles. The van der Waals surface area contributed by atoms with E-state index in [2.05, 4.69) is 21.2 Å². The molecule has 2 aromatic carbocycles. The Labute approximate surface area is 231 Å². The minimum Gasteiger partial charge on any atom is -0.493 e. The van der Waals surface area contributed by atoms with Crippen LogP contribution in [-0.4, -0.2) is 46.8 Å². The van der Waals surface area contributed by atoms with Crippen molar-refractivity contribution >= 4 is 27.7 Å². The Morgan fingerprint density at radius 1 is 0.947 bits per heavy atom. The van der Waals surface area contributed by atoms with E-state index in [1.54, 1.807) is 41.4 Å². The molecule has 9 heteroatoms. The van der Waals surface area contributed by atoms with Crippen LogP contribution in [0.15, 0.2) is 57.3 Å². The summed E-state index contributed by atoms with van der Waals surface area (Å²) in [6, 6.07) is 9.32. The lowest BCUT2D eigenvalue weighted by Gasteiger charge is -2.37. The SMILES string of the molecule is CCOC(=O)C1=C(C)NC2=C(C(=O)C[C@H](c3ccc(OC)c(OC)c3)C2)[C@H]1c1cc(OC)c(OC)cc1Br. The highest BCUT2D eigenvalue weighted by Gasteiger charge is 2.42. The molecule has 2 atom stereocenters. The first-order chi connectivity index (χ1) is 18.3. The average Bonchev–Trinajstić information content (AvgIpc) is 2.91. The van der Waals surface area contributed by atoms with Gasteiger partial charge >= 0.3 is 5.97 Å². The molecule has 0 bridgehead atoms. The molecule has 0 aromatic heterocycles. The van der Waals surface area contributed by atoms with Gasteiger partial charge in [0, 0.05) is 33.8 Å². The number of allylic oxidation sites excluding steroid dienone is 3. The fraction of sp³-hybridized carbons (Fsp3) is 0.379. The van der Waals surface area contributed by atoms with E-state index < -0.39 is 11.9 Å². The van der Waals surface area contributed by atoms with Gasteiger partial charge in [-0.3, -0.25) is 4.79 Å². The number of benzene rings is 2. The Morgan fingerprint density at radius 3 is 2.21 bits per heavy atom. The van der Waals surface area contributed by atoms with Gasteiger partial charge in [-0.25, -0.2) is 4.79 Å². The van der Waals surface area contributed by atoms with Gasteiger partial charge in [-0.1, -0.05) is 22.0 Å². The highest BCUT2D eigenvalue weighted by molar-refractivity contribution is 9.10. The van der Waals surface area contributed by atoms with Crippen molar-refractivity contribution in [3.05, 3.63) is 68.5 Å². The van der Waals surface area contributed by atoms with Crippen molar-refractivity contribution in [3.8, 4) is 23.0 Å². The molecule has 4 rings (SSSR count). The smallest absolute Gasteiger partial charge is 0.336 e. The standard InChI is InChI=1S/C29H32BrNO7/c1-7-38-29(33)26-15(2)31-20-10-17(16-8-9-22(34-3)23(12-16)35-4)11-21(32)28(20)27(26)18-13-24(36-5)25(37-6)14-19(18)30/h8-9,12-14,17,27,31H,7,10-11H2,1-6H3/t17-,27+/m1/s1. The highest BCUT2D eigenvalue weighted by atomic mass is 79.9. The van der Waals surface area contributed by atoms with Crippen molar-refractivity contribution in [2.75, 3.05) is 35.0 Å². The normalized spacial score (nSPS) is 19.0. The second kappa shape index (κ2) is 11.5. The number of ether oxygens (including phenoxy) is 5. The largest absolute Gasteiger partial charge is 0.493 e. The summed E-state index contributed by atoms with van der Waals surface area (Å²) in [6.07, 6.45) is 0.873. The number of hydrogen-bond donors (Lipinski definition) is 1. The number of methoxy groups -OCH3 is 4. The number of halogens is 1. The molecule has 0 unspecified atom stereocenters. The number of nitrogens with one attached hydrogen (secondary N) is 1. The molecule has 1 N–H and O–H groups in total. The summed E-state index contributed by atoms with van der Waals surface area (Å²) in [7, 11) is 6.29. The summed E-state index contributed by atoms with van der Waals surface area (Å²) in [5.41, 5.74) is 4.09. The number of esters is 1. The lowest BCUT2D eigenvalue weighted by atomic mass is 9.71. The number of ketones is 1. The number of carbonyl (C=O) groups is 2. The first-order valence-corrected chi connectivity index (χ1v) is 13.1. The molecule has 0 radical (unpaired) electrons. The molecule has 0 amide bonds. The minimum atomic E-state index is -0.640. The summed E-state index contributed by atoms with van der Waals surface area (Å²) >= 11 is 3.65. The van der Waals surface area contributed by atoms with E-state index in [0.29, 0.717) is 50.7 Å². The summed E-state index contributed by atoms with van der Waals surface area (Å²) in [6.45, 7) is 3.81. The van der Waals surface area contributed by atoms with Crippen molar-refractivity contribution in [2.45, 2.75) is 38.5 Å². The van der Waals surface area contributed by atoms with Gasteiger partial charge in [0.15, 0.2) is 28.8 Å². The maximum Gasteiger partial charge on any atom is 0.336 e. The van der Waals surface area contributed by atoms with Gasteiger partial charge in [0.25, 0.3) is 0 Å². The van der Waals surface area contributed by atoms with E-state index in [1.165, 1.54) is 0 Å². The van der Waals surface area contributed by atoms with E-state index in [4.69, 9.17) is 23.7 Å². The fourth-order valence-corrected chi connectivity index (χ4v) is 5.81. The number of dihydropyridines is 1. The van der Waals surface area contributed by atoms with Crippen LogP contribution in [0.4, 0.5) is 0 Å². The van der Waals surface area contributed by atoms with Crippen molar-refractivity contribution in [3.63, 3.8) is 0 Å². The van der Waals surface area contributed by atoms with Crippen molar-refractivity contribution in [2.24, 2.45) is 0 Å². The third kappa shape index (κ3) is 4.99. The van der Waals surface area contributed by atoms with Crippen molar-refractivity contribution in [1.29, 1.82) is 0 Å². The average molecular weight is 586 g/mol. The number of Topliss-reactive ketones (excluding diaryl/α,β-unsaturated/α-hetero) is 1. The minimum absolute atomic E-state index is 0.0421. The van der Waals surface area contributed by atoms with Crippen LogP contribution < -0.4 is 24.3 Å². The molecule has 2 aromatic rings. The Morgan fingerprint density at radius 2 is 1.58 bits per heavy atom. The molecule has 1 aliphatic carbocycles. The van der Waals surface area contributed by atoms with Crippen LogP contribution in [0.25, 0.3) is 0 Å². The molecular weight excluding hydrogens is 554 g/mol. The van der Waals surface area contributed by atoms with Gasteiger partial charge in [-0.15, -0.1) is 0 Å². The first kappa shape index (κ1) is 27.6. The zero-order valence-electron chi connectivity index (χ0n) is 22.4. The second-order valence-corrected chi connectivity index (χ2v) is 9.94.